The van der Waals surface area contributed by atoms with Gasteiger partial charge in [0.2, 0.25) is 5.91 Å². The molecule has 0 radical (unpaired) electrons. The highest BCUT2D eigenvalue weighted by Crippen LogP contribution is 2.48. The summed E-state index contributed by atoms with van der Waals surface area (Å²) in [6.45, 7) is 8.76. The van der Waals surface area contributed by atoms with E-state index in [-0.39, 0.29) is 32.2 Å². The minimum atomic E-state index is -3.25. The van der Waals surface area contributed by atoms with E-state index in [9.17, 15) is 18.9 Å². The van der Waals surface area contributed by atoms with E-state index >= 15 is 0 Å². The van der Waals surface area contributed by atoms with Gasteiger partial charge in [-0.15, -0.1) is 0 Å². The zero-order chi connectivity index (χ0) is 20.4. The first kappa shape index (κ1) is 24.6. The fourth-order valence-corrected chi connectivity index (χ4v) is 3.67. The zero-order valence-corrected chi connectivity index (χ0v) is 17.0. The van der Waals surface area contributed by atoms with Crippen LogP contribution in [0.3, 0.4) is 0 Å². The van der Waals surface area contributed by atoms with E-state index in [1.807, 2.05) is 0 Å². The molecule has 2 N–H and O–H groups in total. The van der Waals surface area contributed by atoms with Gasteiger partial charge in [-0.25, -0.2) is 4.79 Å². The van der Waals surface area contributed by atoms with Crippen molar-refractivity contribution < 1.29 is 37.8 Å². The van der Waals surface area contributed by atoms with E-state index in [1.54, 1.807) is 34.6 Å². The van der Waals surface area contributed by atoms with Crippen molar-refractivity contribution in [3.05, 3.63) is 0 Å². The second kappa shape index (κ2) is 11.3. The van der Waals surface area contributed by atoms with Crippen LogP contribution in [0.4, 0.5) is 0 Å². The van der Waals surface area contributed by atoms with Crippen molar-refractivity contribution >= 4 is 25.4 Å². The topological polar surface area (TPSA) is 128 Å². The second-order valence-corrected chi connectivity index (χ2v) is 8.71. The molecule has 26 heavy (non-hydrogen) atoms. The van der Waals surface area contributed by atoms with Crippen LogP contribution >= 0.6 is 7.60 Å². The van der Waals surface area contributed by atoms with E-state index in [4.69, 9.17) is 18.9 Å². The van der Waals surface area contributed by atoms with Crippen LogP contribution in [0.15, 0.2) is 0 Å². The van der Waals surface area contributed by atoms with Crippen LogP contribution in [0.5, 0.6) is 0 Å². The molecule has 9 nitrogen and oxygen atoms in total. The Balaban J connectivity index is 4.68. The Morgan fingerprint density at radius 1 is 1.12 bits per heavy atom. The third kappa shape index (κ3) is 11.2. The van der Waals surface area contributed by atoms with Gasteiger partial charge in [0.1, 0.15) is 11.6 Å². The largest absolute Gasteiger partial charge is 0.481 e. The van der Waals surface area contributed by atoms with Gasteiger partial charge in [-0.1, -0.05) is 0 Å². The molecule has 0 aliphatic carbocycles. The molecule has 0 bridgehead atoms. The maximum Gasteiger partial charge on any atom is 0.330 e. The number of esters is 1. The molecular weight excluding hydrogens is 365 g/mol. The first-order valence-corrected chi connectivity index (χ1v) is 10.3. The Hall–Kier alpha value is -1.44. The molecule has 0 aromatic heterocycles. The van der Waals surface area contributed by atoms with Crippen LogP contribution < -0.4 is 5.32 Å². The van der Waals surface area contributed by atoms with Crippen molar-refractivity contribution in [1.82, 2.24) is 5.32 Å². The molecule has 0 fully saturated rings. The van der Waals surface area contributed by atoms with Crippen molar-refractivity contribution in [2.24, 2.45) is 0 Å². The number of carbonyl (C=O) groups is 3. The molecule has 10 heteroatoms. The Bertz CT molecular complexity index is 519. The molecule has 0 saturated heterocycles. The maximum absolute atomic E-state index is 12.3. The van der Waals surface area contributed by atoms with Gasteiger partial charge in [0.25, 0.3) is 0 Å². The number of ether oxygens (including phenoxy) is 1. The normalized spacial score (nSPS) is 13.1. The fraction of sp³-hybridized carbons (Fsp3) is 0.812. The Morgan fingerprint density at radius 2 is 1.65 bits per heavy atom. The lowest BCUT2D eigenvalue weighted by molar-refractivity contribution is -0.161. The highest BCUT2D eigenvalue weighted by Gasteiger charge is 2.29. The van der Waals surface area contributed by atoms with Crippen molar-refractivity contribution in [2.75, 3.05) is 19.4 Å². The number of carbonyl (C=O) groups excluding carboxylic acids is 2. The van der Waals surface area contributed by atoms with Crippen LogP contribution in [-0.4, -0.2) is 54.0 Å². The molecule has 0 spiro atoms. The monoisotopic (exact) mass is 395 g/mol. The summed E-state index contributed by atoms with van der Waals surface area (Å²) in [5.74, 6) is -2.59. The molecule has 0 aromatic carbocycles. The lowest BCUT2D eigenvalue weighted by Gasteiger charge is -2.24. The number of rotatable bonds is 12. The van der Waals surface area contributed by atoms with Gasteiger partial charge >= 0.3 is 19.5 Å². The Labute approximate surface area is 154 Å². The summed E-state index contributed by atoms with van der Waals surface area (Å²) >= 11 is 0. The summed E-state index contributed by atoms with van der Waals surface area (Å²) in [6.07, 6.45) is -0.380. The van der Waals surface area contributed by atoms with Crippen LogP contribution in [0, 0.1) is 0 Å². The summed E-state index contributed by atoms with van der Waals surface area (Å²) in [5, 5.41) is 11.3. The molecule has 0 heterocycles. The van der Waals surface area contributed by atoms with Gasteiger partial charge in [0.05, 0.1) is 25.8 Å². The van der Waals surface area contributed by atoms with E-state index in [2.05, 4.69) is 5.32 Å². The standard InChI is InChI=1S/C16H30NO8P/c1-6-23-26(22,24-7-2)10-8-9-13(18)17-12(11-14(19)20)15(21)25-16(3,4)5/h12H,6-11H2,1-5H3,(H,17,18)(H,19,20)/t12-/m0/s1. The molecule has 1 amide bonds. The third-order valence-corrected chi connectivity index (χ3v) is 5.06. The summed E-state index contributed by atoms with van der Waals surface area (Å²) < 4.78 is 27.7. The van der Waals surface area contributed by atoms with Crippen LogP contribution in [0.2, 0.25) is 0 Å². The average molecular weight is 395 g/mol. The quantitative estimate of drug-likeness (QED) is 0.381. The molecule has 1 atom stereocenters. The van der Waals surface area contributed by atoms with E-state index in [0.29, 0.717) is 0 Å². The van der Waals surface area contributed by atoms with Crippen molar-refractivity contribution in [2.45, 2.75) is 65.5 Å². The number of carboxylic acid groups (broad SMARTS) is 1. The highest BCUT2D eigenvalue weighted by molar-refractivity contribution is 7.53. The Kier molecular flexibility index (Phi) is 10.7. The van der Waals surface area contributed by atoms with E-state index in [1.165, 1.54) is 0 Å². The first-order chi connectivity index (χ1) is 11.9. The van der Waals surface area contributed by atoms with E-state index < -0.39 is 43.5 Å². The second-order valence-electron chi connectivity index (χ2n) is 6.53. The van der Waals surface area contributed by atoms with Crippen molar-refractivity contribution in [1.29, 1.82) is 0 Å². The summed E-state index contributed by atoms with van der Waals surface area (Å²) in [7, 11) is -3.25. The van der Waals surface area contributed by atoms with Crippen LogP contribution in [-0.2, 0) is 32.7 Å². The first-order valence-electron chi connectivity index (χ1n) is 8.54. The number of amides is 1. The lowest BCUT2D eigenvalue weighted by atomic mass is 10.1. The van der Waals surface area contributed by atoms with Crippen LogP contribution in [0.25, 0.3) is 0 Å². The molecule has 0 aromatic rings. The van der Waals surface area contributed by atoms with Gasteiger partial charge < -0.3 is 24.2 Å². The molecule has 0 aliphatic heterocycles. The predicted molar refractivity (Wildman–Crippen MR) is 95.0 cm³/mol. The van der Waals surface area contributed by atoms with E-state index in [0.717, 1.165) is 0 Å². The van der Waals surface area contributed by atoms with Crippen molar-refractivity contribution in [3.63, 3.8) is 0 Å². The Morgan fingerprint density at radius 3 is 2.08 bits per heavy atom. The SMILES string of the molecule is CCOP(=O)(CCCC(=O)N[C@@H](CC(=O)O)C(=O)OC(C)(C)C)OCC. The number of aliphatic carboxylic acids is 1. The number of nitrogens with one attached hydrogen (secondary N) is 1. The van der Waals surface area contributed by atoms with Crippen molar-refractivity contribution in [3.8, 4) is 0 Å². The number of hydrogen-bond donors (Lipinski definition) is 2. The van der Waals surface area contributed by atoms with Gasteiger partial charge in [-0.3, -0.25) is 14.2 Å². The molecule has 0 rings (SSSR count). The predicted octanol–water partition coefficient (Wildman–Crippen LogP) is 2.33. The smallest absolute Gasteiger partial charge is 0.330 e. The fourth-order valence-electron chi connectivity index (χ4n) is 2.00. The molecule has 0 unspecified atom stereocenters. The highest BCUT2D eigenvalue weighted by atomic mass is 31.2. The molecule has 0 saturated carbocycles. The van der Waals surface area contributed by atoms with Gasteiger partial charge in [-0.05, 0) is 41.0 Å². The summed E-state index contributed by atoms with van der Waals surface area (Å²) in [4.78, 5) is 35.0. The molecule has 152 valence electrons. The average Bonchev–Trinajstić information content (AvgIpc) is 2.44. The third-order valence-electron chi connectivity index (χ3n) is 2.89. The summed E-state index contributed by atoms with van der Waals surface area (Å²) in [5.41, 5.74) is -0.805. The zero-order valence-electron chi connectivity index (χ0n) is 16.1. The number of hydrogen-bond acceptors (Lipinski definition) is 7. The minimum Gasteiger partial charge on any atom is -0.481 e. The van der Waals surface area contributed by atoms with Gasteiger partial charge in [-0.2, -0.15) is 0 Å². The van der Waals surface area contributed by atoms with Gasteiger partial charge in [0.15, 0.2) is 0 Å². The van der Waals surface area contributed by atoms with Crippen LogP contribution in [0.1, 0.15) is 53.9 Å². The summed E-state index contributed by atoms with van der Waals surface area (Å²) in [6, 6.07) is -1.29. The van der Waals surface area contributed by atoms with Gasteiger partial charge in [0, 0.05) is 6.42 Å². The maximum atomic E-state index is 12.3. The minimum absolute atomic E-state index is 0.0525. The molecule has 0 aliphatic rings. The number of carboxylic acids is 1. The lowest BCUT2D eigenvalue weighted by Crippen LogP contribution is -2.45. The molecular formula is C16H30NO8P.